The Hall–Kier alpha value is -3.21. The first-order valence-electron chi connectivity index (χ1n) is 9.14. The summed E-state index contributed by atoms with van der Waals surface area (Å²) in [5.41, 5.74) is -0.344. The summed E-state index contributed by atoms with van der Waals surface area (Å²) >= 11 is 0. The fraction of sp³-hybridized carbons (Fsp3) is 0.300. The van der Waals surface area contributed by atoms with Crippen LogP contribution in [0.2, 0.25) is 0 Å². The maximum absolute atomic E-state index is 13.9. The Balaban J connectivity index is 2.22. The minimum absolute atomic E-state index is 0.154. The monoisotopic (exact) mass is 455 g/mol. The summed E-state index contributed by atoms with van der Waals surface area (Å²) in [5, 5.41) is 4.93. The molecule has 0 spiro atoms. The molecule has 0 aliphatic heterocycles. The number of sulfonamides is 1. The number of hydrogen-bond acceptors (Lipinski definition) is 5. The molecule has 0 aliphatic carbocycles. The van der Waals surface area contributed by atoms with E-state index in [1.807, 2.05) is 0 Å². The third-order valence-electron chi connectivity index (χ3n) is 4.19. The normalized spacial score (nSPS) is 12.2. The van der Waals surface area contributed by atoms with Crippen LogP contribution in [0.3, 0.4) is 0 Å². The number of carbonyl (C=O) groups is 2. The van der Waals surface area contributed by atoms with Crippen LogP contribution in [0.4, 0.5) is 20.2 Å². The summed E-state index contributed by atoms with van der Waals surface area (Å²) in [6, 6.07) is 6.13. The van der Waals surface area contributed by atoms with Crippen LogP contribution in [0.1, 0.15) is 24.2 Å². The lowest BCUT2D eigenvalue weighted by atomic mass is 10.0. The Morgan fingerprint density at radius 2 is 1.68 bits per heavy atom. The molecule has 0 unspecified atom stereocenters. The molecule has 31 heavy (non-hydrogen) atoms. The largest absolute Gasteiger partial charge is 0.494 e. The van der Waals surface area contributed by atoms with E-state index in [1.165, 1.54) is 25.3 Å². The number of hydrogen-bond donors (Lipinski definition) is 3. The van der Waals surface area contributed by atoms with Crippen molar-refractivity contribution >= 4 is 33.2 Å². The SMILES string of the molecule is COc1cc(NC(=O)[C@@H](NC(=O)c2c(F)cccc2F)C(C)C)ccc1NS(C)(=O)=O. The van der Waals surface area contributed by atoms with E-state index in [0.29, 0.717) is 0 Å². The maximum Gasteiger partial charge on any atom is 0.257 e. The van der Waals surface area contributed by atoms with Crippen molar-refractivity contribution in [3.05, 3.63) is 53.6 Å². The highest BCUT2D eigenvalue weighted by Crippen LogP contribution is 2.29. The van der Waals surface area contributed by atoms with Gasteiger partial charge in [-0.3, -0.25) is 14.3 Å². The standard InChI is InChI=1S/C20H23F2N3O5S/c1-11(2)18(24-19(26)17-13(21)6-5-7-14(17)22)20(27)23-12-8-9-15(16(10-12)30-3)25-31(4,28)29/h5-11,18,25H,1-4H3,(H,23,27)(H,24,26)/t18-/m0/s1. The van der Waals surface area contributed by atoms with Crippen LogP contribution in [-0.4, -0.2) is 39.6 Å². The highest BCUT2D eigenvalue weighted by atomic mass is 32.2. The number of rotatable bonds is 8. The van der Waals surface area contributed by atoms with E-state index in [1.54, 1.807) is 13.8 Å². The molecule has 0 fully saturated rings. The lowest BCUT2D eigenvalue weighted by Crippen LogP contribution is -2.47. The van der Waals surface area contributed by atoms with Gasteiger partial charge in [0, 0.05) is 11.8 Å². The molecule has 0 heterocycles. The van der Waals surface area contributed by atoms with Gasteiger partial charge in [-0.05, 0) is 30.2 Å². The van der Waals surface area contributed by atoms with Crippen molar-refractivity contribution < 1.29 is 31.5 Å². The fourth-order valence-electron chi connectivity index (χ4n) is 2.74. The minimum atomic E-state index is -3.54. The first kappa shape index (κ1) is 24.1. The quantitative estimate of drug-likeness (QED) is 0.567. The van der Waals surface area contributed by atoms with Crippen molar-refractivity contribution in [3.8, 4) is 5.75 Å². The molecule has 3 N–H and O–H groups in total. The molecule has 2 aromatic rings. The van der Waals surface area contributed by atoms with E-state index < -0.39 is 51.0 Å². The van der Waals surface area contributed by atoms with E-state index in [9.17, 15) is 26.8 Å². The number of amides is 2. The van der Waals surface area contributed by atoms with E-state index in [-0.39, 0.29) is 17.1 Å². The first-order valence-corrected chi connectivity index (χ1v) is 11.0. The topological polar surface area (TPSA) is 114 Å². The molecule has 11 heteroatoms. The van der Waals surface area contributed by atoms with Crippen molar-refractivity contribution in [2.45, 2.75) is 19.9 Å². The third-order valence-corrected chi connectivity index (χ3v) is 4.78. The van der Waals surface area contributed by atoms with Crippen LogP contribution < -0.4 is 20.1 Å². The summed E-state index contributed by atoms with van der Waals surface area (Å²) in [4.78, 5) is 25.1. The maximum atomic E-state index is 13.9. The molecule has 0 saturated heterocycles. The van der Waals surface area contributed by atoms with Crippen molar-refractivity contribution in [2.24, 2.45) is 5.92 Å². The second-order valence-electron chi connectivity index (χ2n) is 7.07. The van der Waals surface area contributed by atoms with Gasteiger partial charge >= 0.3 is 0 Å². The zero-order valence-corrected chi connectivity index (χ0v) is 18.1. The molecule has 0 radical (unpaired) electrons. The zero-order chi connectivity index (χ0) is 23.3. The van der Waals surface area contributed by atoms with Gasteiger partial charge in [0.1, 0.15) is 29.0 Å². The van der Waals surface area contributed by atoms with Gasteiger partial charge in [-0.15, -0.1) is 0 Å². The van der Waals surface area contributed by atoms with Crippen LogP contribution in [0.25, 0.3) is 0 Å². The molecule has 2 amide bonds. The average molecular weight is 455 g/mol. The molecule has 8 nitrogen and oxygen atoms in total. The van der Waals surface area contributed by atoms with E-state index in [4.69, 9.17) is 4.74 Å². The molecule has 1 atom stereocenters. The van der Waals surface area contributed by atoms with Gasteiger partial charge in [0.15, 0.2) is 0 Å². The van der Waals surface area contributed by atoms with Crippen LogP contribution in [0, 0.1) is 17.6 Å². The molecule has 0 aliphatic rings. The summed E-state index contributed by atoms with van der Waals surface area (Å²) in [6.45, 7) is 3.31. The third kappa shape index (κ3) is 6.38. The lowest BCUT2D eigenvalue weighted by Gasteiger charge is -2.22. The summed E-state index contributed by atoms with van der Waals surface area (Å²) in [5.74, 6) is -4.03. The number of anilines is 2. The highest BCUT2D eigenvalue weighted by molar-refractivity contribution is 7.92. The smallest absolute Gasteiger partial charge is 0.257 e. The lowest BCUT2D eigenvalue weighted by molar-refractivity contribution is -0.118. The van der Waals surface area contributed by atoms with Gasteiger partial charge < -0.3 is 15.4 Å². The molecule has 0 bridgehead atoms. The van der Waals surface area contributed by atoms with E-state index in [2.05, 4.69) is 15.4 Å². The van der Waals surface area contributed by atoms with Crippen molar-refractivity contribution in [3.63, 3.8) is 0 Å². The van der Waals surface area contributed by atoms with Crippen LogP contribution in [0.15, 0.2) is 36.4 Å². The Kier molecular flexibility index (Phi) is 7.55. The predicted octanol–water partition coefficient (Wildman–Crippen LogP) is 2.74. The van der Waals surface area contributed by atoms with Gasteiger partial charge in [0.2, 0.25) is 15.9 Å². The number of ether oxygens (including phenoxy) is 1. The Bertz CT molecular complexity index is 1070. The Labute approximate surface area is 179 Å². The molecular formula is C20H23F2N3O5S. The minimum Gasteiger partial charge on any atom is -0.494 e. The second kappa shape index (κ2) is 9.73. The number of benzene rings is 2. The van der Waals surface area contributed by atoms with Crippen molar-refractivity contribution in [1.82, 2.24) is 5.32 Å². The molecule has 0 saturated carbocycles. The highest BCUT2D eigenvalue weighted by Gasteiger charge is 2.27. The number of nitrogens with one attached hydrogen (secondary N) is 3. The molecule has 2 aromatic carbocycles. The van der Waals surface area contributed by atoms with Crippen molar-refractivity contribution in [1.29, 1.82) is 0 Å². The summed E-state index contributed by atoms with van der Waals surface area (Å²) in [7, 11) is -2.22. The number of carbonyl (C=O) groups excluding carboxylic acids is 2. The van der Waals surface area contributed by atoms with Gasteiger partial charge in [-0.25, -0.2) is 17.2 Å². The van der Waals surface area contributed by atoms with Crippen LogP contribution >= 0.6 is 0 Å². The second-order valence-corrected chi connectivity index (χ2v) is 8.82. The summed E-state index contributed by atoms with van der Waals surface area (Å²) < 4.78 is 58.0. The van der Waals surface area contributed by atoms with Gasteiger partial charge in [0.05, 0.1) is 19.1 Å². The number of methoxy groups -OCH3 is 1. The Morgan fingerprint density at radius 1 is 1.06 bits per heavy atom. The molecule has 168 valence electrons. The van der Waals surface area contributed by atoms with Crippen LogP contribution in [0.5, 0.6) is 5.75 Å². The van der Waals surface area contributed by atoms with E-state index >= 15 is 0 Å². The van der Waals surface area contributed by atoms with Gasteiger partial charge in [-0.2, -0.15) is 0 Å². The molecule has 0 aromatic heterocycles. The van der Waals surface area contributed by atoms with Gasteiger partial charge in [-0.1, -0.05) is 19.9 Å². The molecule has 2 rings (SSSR count). The predicted molar refractivity (Wildman–Crippen MR) is 113 cm³/mol. The summed E-state index contributed by atoms with van der Waals surface area (Å²) in [6.07, 6.45) is 0.983. The fourth-order valence-corrected chi connectivity index (χ4v) is 3.30. The van der Waals surface area contributed by atoms with E-state index in [0.717, 1.165) is 24.5 Å². The Morgan fingerprint density at radius 3 is 2.19 bits per heavy atom. The molecular weight excluding hydrogens is 432 g/mol. The first-order chi connectivity index (χ1) is 14.4. The van der Waals surface area contributed by atoms with Crippen LogP contribution in [-0.2, 0) is 14.8 Å². The number of halogens is 2. The van der Waals surface area contributed by atoms with Crippen molar-refractivity contribution in [2.75, 3.05) is 23.4 Å². The zero-order valence-electron chi connectivity index (χ0n) is 17.3. The van der Waals surface area contributed by atoms with Gasteiger partial charge in [0.25, 0.3) is 5.91 Å². The average Bonchev–Trinajstić information content (AvgIpc) is 2.65.